The van der Waals surface area contributed by atoms with Gasteiger partial charge in [-0.25, -0.2) is 0 Å². The van der Waals surface area contributed by atoms with Crippen LogP contribution in [0, 0.1) is 11.8 Å². The molecular weight excluding hydrogens is 212 g/mol. The Morgan fingerprint density at radius 2 is 1.41 bits per heavy atom. The second-order valence-corrected chi connectivity index (χ2v) is 5.64. The standard InChI is InChI=1S/C15H24O2/c1-10(2)5-6-12-8-14(16)15(17)9-13(12)7-11(3)4/h8-11,16-17H,5-7H2,1-4H3. The van der Waals surface area contributed by atoms with E-state index in [1.807, 2.05) is 0 Å². The molecule has 2 heteroatoms. The van der Waals surface area contributed by atoms with Gasteiger partial charge in [0.2, 0.25) is 0 Å². The number of phenolic OH excluding ortho intramolecular Hbond substituents is 2. The smallest absolute Gasteiger partial charge is 0.157 e. The number of aromatic hydroxyl groups is 2. The second kappa shape index (κ2) is 5.95. The van der Waals surface area contributed by atoms with Gasteiger partial charge in [0.25, 0.3) is 0 Å². The molecule has 2 nitrogen and oxygen atoms in total. The van der Waals surface area contributed by atoms with Gasteiger partial charge in [-0.2, -0.15) is 0 Å². The van der Waals surface area contributed by atoms with E-state index in [4.69, 9.17) is 0 Å². The van der Waals surface area contributed by atoms with Crippen LogP contribution in [0.25, 0.3) is 0 Å². The van der Waals surface area contributed by atoms with Crippen molar-refractivity contribution < 1.29 is 10.2 Å². The molecule has 2 N–H and O–H groups in total. The highest BCUT2D eigenvalue weighted by molar-refractivity contribution is 5.45. The fraction of sp³-hybridized carbons (Fsp3) is 0.600. The lowest BCUT2D eigenvalue weighted by Gasteiger charge is -2.14. The quantitative estimate of drug-likeness (QED) is 0.761. The summed E-state index contributed by atoms with van der Waals surface area (Å²) in [7, 11) is 0. The van der Waals surface area contributed by atoms with Crippen LogP contribution in [0.4, 0.5) is 0 Å². The summed E-state index contributed by atoms with van der Waals surface area (Å²) in [6.07, 6.45) is 3.02. The van der Waals surface area contributed by atoms with Crippen LogP contribution in [0.1, 0.15) is 45.2 Å². The van der Waals surface area contributed by atoms with Gasteiger partial charge in [0, 0.05) is 0 Å². The minimum atomic E-state index is -0.00560. The van der Waals surface area contributed by atoms with E-state index in [0.29, 0.717) is 11.8 Å². The molecular formula is C15H24O2. The molecule has 1 aromatic carbocycles. The number of aryl methyl sites for hydroxylation is 1. The fourth-order valence-electron chi connectivity index (χ4n) is 1.97. The molecule has 0 aromatic heterocycles. The van der Waals surface area contributed by atoms with Gasteiger partial charge in [0.05, 0.1) is 0 Å². The monoisotopic (exact) mass is 236 g/mol. The third-order valence-electron chi connectivity index (χ3n) is 2.92. The van der Waals surface area contributed by atoms with Crippen LogP contribution in [-0.4, -0.2) is 10.2 Å². The van der Waals surface area contributed by atoms with Crippen LogP contribution < -0.4 is 0 Å². The largest absolute Gasteiger partial charge is 0.504 e. The zero-order valence-corrected chi connectivity index (χ0v) is 11.3. The minimum absolute atomic E-state index is 0.00346. The lowest BCUT2D eigenvalue weighted by Crippen LogP contribution is -2.01. The third kappa shape index (κ3) is 4.29. The molecule has 0 atom stereocenters. The zero-order chi connectivity index (χ0) is 13.0. The topological polar surface area (TPSA) is 40.5 Å². The lowest BCUT2D eigenvalue weighted by atomic mass is 9.93. The van der Waals surface area contributed by atoms with E-state index in [1.54, 1.807) is 12.1 Å². The van der Waals surface area contributed by atoms with Crippen LogP contribution in [-0.2, 0) is 12.8 Å². The van der Waals surface area contributed by atoms with Crippen molar-refractivity contribution in [1.29, 1.82) is 0 Å². The van der Waals surface area contributed by atoms with Crippen molar-refractivity contribution in [2.45, 2.75) is 47.0 Å². The van der Waals surface area contributed by atoms with Gasteiger partial charge in [-0.1, -0.05) is 27.7 Å². The second-order valence-electron chi connectivity index (χ2n) is 5.64. The molecule has 1 rings (SSSR count). The van der Waals surface area contributed by atoms with Crippen molar-refractivity contribution in [1.82, 2.24) is 0 Å². The van der Waals surface area contributed by atoms with Crippen LogP contribution >= 0.6 is 0 Å². The molecule has 96 valence electrons. The summed E-state index contributed by atoms with van der Waals surface area (Å²) in [6, 6.07) is 3.43. The van der Waals surface area contributed by atoms with Crippen LogP contribution in [0.15, 0.2) is 12.1 Å². The van der Waals surface area contributed by atoms with E-state index < -0.39 is 0 Å². The first-order valence-corrected chi connectivity index (χ1v) is 6.43. The van der Waals surface area contributed by atoms with Gasteiger partial charge in [0.1, 0.15) is 0 Å². The Kier molecular flexibility index (Phi) is 4.86. The highest BCUT2D eigenvalue weighted by Crippen LogP contribution is 2.30. The van der Waals surface area contributed by atoms with Gasteiger partial charge in [0.15, 0.2) is 11.5 Å². The SMILES string of the molecule is CC(C)CCc1cc(O)c(O)cc1CC(C)C. The Morgan fingerprint density at radius 3 is 1.88 bits per heavy atom. The Morgan fingerprint density at radius 1 is 0.882 bits per heavy atom. The molecule has 17 heavy (non-hydrogen) atoms. The average Bonchev–Trinajstić information content (AvgIpc) is 2.20. The molecule has 0 unspecified atom stereocenters. The van der Waals surface area contributed by atoms with Gasteiger partial charge >= 0.3 is 0 Å². The molecule has 0 radical (unpaired) electrons. The molecule has 0 heterocycles. The number of phenols is 2. The zero-order valence-electron chi connectivity index (χ0n) is 11.3. The maximum absolute atomic E-state index is 9.57. The van der Waals surface area contributed by atoms with E-state index in [9.17, 15) is 10.2 Å². The van der Waals surface area contributed by atoms with E-state index in [2.05, 4.69) is 27.7 Å². The van der Waals surface area contributed by atoms with Gasteiger partial charge in [-0.3, -0.25) is 0 Å². The Labute approximate surface area is 104 Å². The van der Waals surface area contributed by atoms with Crippen molar-refractivity contribution in [3.05, 3.63) is 23.3 Å². The maximum atomic E-state index is 9.57. The summed E-state index contributed by atoms with van der Waals surface area (Å²) in [5.74, 6) is 1.19. The summed E-state index contributed by atoms with van der Waals surface area (Å²) >= 11 is 0. The summed E-state index contributed by atoms with van der Waals surface area (Å²) in [5.41, 5.74) is 2.33. The average molecular weight is 236 g/mol. The number of rotatable bonds is 5. The summed E-state index contributed by atoms with van der Waals surface area (Å²) in [4.78, 5) is 0. The van der Waals surface area contributed by atoms with Crippen LogP contribution in [0.2, 0.25) is 0 Å². The molecule has 0 bridgehead atoms. The van der Waals surface area contributed by atoms with Crippen molar-refractivity contribution >= 4 is 0 Å². The molecule has 0 aliphatic carbocycles. The normalized spacial score (nSPS) is 11.4. The van der Waals surface area contributed by atoms with Gasteiger partial charge < -0.3 is 10.2 Å². The predicted octanol–water partition coefficient (Wildman–Crippen LogP) is 3.88. The molecule has 0 fully saturated rings. The molecule has 0 aliphatic heterocycles. The number of benzene rings is 1. The minimum Gasteiger partial charge on any atom is -0.504 e. The Balaban J connectivity index is 2.94. The molecule has 0 saturated carbocycles. The van der Waals surface area contributed by atoms with Gasteiger partial charge in [-0.15, -0.1) is 0 Å². The van der Waals surface area contributed by atoms with E-state index >= 15 is 0 Å². The van der Waals surface area contributed by atoms with Crippen LogP contribution in [0.3, 0.4) is 0 Å². The molecule has 0 saturated heterocycles. The van der Waals surface area contributed by atoms with E-state index in [0.717, 1.165) is 24.8 Å². The molecule has 0 amide bonds. The van der Waals surface area contributed by atoms with Crippen molar-refractivity contribution in [3.63, 3.8) is 0 Å². The van der Waals surface area contributed by atoms with E-state index in [1.165, 1.54) is 5.56 Å². The predicted molar refractivity (Wildman–Crippen MR) is 71.5 cm³/mol. The summed E-state index contributed by atoms with van der Waals surface area (Å²) < 4.78 is 0. The third-order valence-corrected chi connectivity index (χ3v) is 2.92. The summed E-state index contributed by atoms with van der Waals surface area (Å²) in [5, 5.41) is 19.1. The first kappa shape index (κ1) is 13.9. The number of hydrogen-bond acceptors (Lipinski definition) is 2. The van der Waals surface area contributed by atoms with Crippen molar-refractivity contribution in [2.75, 3.05) is 0 Å². The fourth-order valence-corrected chi connectivity index (χ4v) is 1.97. The van der Waals surface area contributed by atoms with Gasteiger partial charge in [-0.05, 0) is 54.4 Å². The molecule has 1 aromatic rings. The lowest BCUT2D eigenvalue weighted by molar-refractivity contribution is 0.401. The van der Waals surface area contributed by atoms with Crippen molar-refractivity contribution in [2.24, 2.45) is 11.8 Å². The van der Waals surface area contributed by atoms with Crippen LogP contribution in [0.5, 0.6) is 11.5 Å². The highest BCUT2D eigenvalue weighted by Gasteiger charge is 2.10. The number of hydrogen-bond donors (Lipinski definition) is 2. The highest BCUT2D eigenvalue weighted by atomic mass is 16.3. The van der Waals surface area contributed by atoms with E-state index in [-0.39, 0.29) is 11.5 Å². The Bertz CT molecular complexity index is 367. The maximum Gasteiger partial charge on any atom is 0.157 e. The Hall–Kier alpha value is -1.18. The van der Waals surface area contributed by atoms with Crippen molar-refractivity contribution in [3.8, 4) is 11.5 Å². The first-order valence-electron chi connectivity index (χ1n) is 6.43. The molecule has 0 aliphatic rings. The summed E-state index contributed by atoms with van der Waals surface area (Å²) in [6.45, 7) is 8.72. The molecule has 0 spiro atoms. The first-order chi connectivity index (χ1) is 7.90.